The minimum absolute atomic E-state index is 0.0698. The van der Waals surface area contributed by atoms with E-state index in [2.05, 4.69) is 15.7 Å². The van der Waals surface area contributed by atoms with Gasteiger partial charge in [-0.05, 0) is 12.1 Å². The minimum atomic E-state index is -3.58. The van der Waals surface area contributed by atoms with Gasteiger partial charge in [0.05, 0.1) is 5.75 Å². The van der Waals surface area contributed by atoms with Crippen LogP contribution < -0.4 is 21.7 Å². The van der Waals surface area contributed by atoms with Gasteiger partial charge in [0.25, 0.3) is 5.91 Å². The standard InChI is InChI=1S/C8H13N5O3S/c9-13-7-3-1-2-6(12-7)8(14)11-4-5-17(10,15)16/h1-3H,4-5,9H2,(H,11,14)(H,12,13)(H2,10,15,16). The molecule has 8 nitrogen and oxygen atoms in total. The van der Waals surface area contributed by atoms with Gasteiger partial charge in [-0.15, -0.1) is 0 Å². The Labute approximate surface area is 98.4 Å². The summed E-state index contributed by atoms with van der Waals surface area (Å²) in [6.45, 7) is -0.0698. The summed E-state index contributed by atoms with van der Waals surface area (Å²) in [6.07, 6.45) is 0. The second kappa shape index (κ2) is 5.57. The second-order valence-electron chi connectivity index (χ2n) is 3.18. The molecule has 1 aromatic heterocycles. The molecule has 0 aromatic carbocycles. The zero-order chi connectivity index (χ0) is 12.9. The lowest BCUT2D eigenvalue weighted by molar-refractivity contribution is 0.0951. The quantitative estimate of drug-likeness (QED) is 0.370. The molecule has 17 heavy (non-hydrogen) atoms. The number of sulfonamides is 1. The average Bonchev–Trinajstić information content (AvgIpc) is 2.27. The van der Waals surface area contributed by atoms with Gasteiger partial charge in [0.2, 0.25) is 10.0 Å². The zero-order valence-corrected chi connectivity index (χ0v) is 9.70. The molecule has 94 valence electrons. The Balaban J connectivity index is 2.58. The first-order valence-corrected chi connectivity index (χ1v) is 6.36. The Morgan fingerprint density at radius 3 is 2.71 bits per heavy atom. The lowest BCUT2D eigenvalue weighted by atomic mass is 10.3. The van der Waals surface area contributed by atoms with Gasteiger partial charge >= 0.3 is 0 Å². The minimum Gasteiger partial charge on any atom is -0.350 e. The van der Waals surface area contributed by atoms with E-state index in [0.29, 0.717) is 5.82 Å². The lowest BCUT2D eigenvalue weighted by Crippen LogP contribution is -2.32. The molecule has 0 fully saturated rings. The van der Waals surface area contributed by atoms with E-state index < -0.39 is 15.9 Å². The largest absolute Gasteiger partial charge is 0.350 e. The van der Waals surface area contributed by atoms with Crippen LogP contribution in [0.15, 0.2) is 18.2 Å². The first-order valence-electron chi connectivity index (χ1n) is 4.65. The fraction of sp³-hybridized carbons (Fsp3) is 0.250. The van der Waals surface area contributed by atoms with E-state index in [1.165, 1.54) is 6.07 Å². The highest BCUT2D eigenvalue weighted by molar-refractivity contribution is 7.89. The number of carbonyl (C=O) groups excluding carboxylic acids is 1. The van der Waals surface area contributed by atoms with Gasteiger partial charge in [-0.2, -0.15) is 0 Å². The molecule has 0 radical (unpaired) electrons. The molecule has 0 aliphatic heterocycles. The van der Waals surface area contributed by atoms with Crippen LogP contribution in [-0.4, -0.2) is 31.6 Å². The number of hydrogen-bond acceptors (Lipinski definition) is 6. The first-order chi connectivity index (χ1) is 7.92. The molecule has 0 bridgehead atoms. The van der Waals surface area contributed by atoms with Crippen LogP contribution in [0.1, 0.15) is 10.5 Å². The van der Waals surface area contributed by atoms with Crippen molar-refractivity contribution in [1.82, 2.24) is 10.3 Å². The third-order valence-corrected chi connectivity index (χ3v) is 2.57. The third kappa shape index (κ3) is 4.76. The van der Waals surface area contributed by atoms with Crippen molar-refractivity contribution in [3.05, 3.63) is 23.9 Å². The molecule has 0 saturated heterocycles. The van der Waals surface area contributed by atoms with Gasteiger partial charge in [-0.3, -0.25) is 4.79 Å². The fourth-order valence-electron chi connectivity index (χ4n) is 1.04. The van der Waals surface area contributed by atoms with E-state index >= 15 is 0 Å². The SMILES string of the molecule is NNc1cccc(C(=O)NCCS(N)(=O)=O)n1. The smallest absolute Gasteiger partial charge is 0.270 e. The van der Waals surface area contributed by atoms with Gasteiger partial charge in [-0.1, -0.05) is 6.07 Å². The lowest BCUT2D eigenvalue weighted by Gasteiger charge is -2.05. The maximum absolute atomic E-state index is 11.5. The van der Waals surface area contributed by atoms with Crippen molar-refractivity contribution in [2.24, 2.45) is 11.0 Å². The molecule has 0 aliphatic carbocycles. The molecule has 6 N–H and O–H groups in total. The summed E-state index contributed by atoms with van der Waals surface area (Å²) < 4.78 is 21.3. The third-order valence-electron chi connectivity index (χ3n) is 1.80. The maximum atomic E-state index is 11.5. The van der Waals surface area contributed by atoms with E-state index in [9.17, 15) is 13.2 Å². The van der Waals surface area contributed by atoms with Crippen LogP contribution in [0.5, 0.6) is 0 Å². The zero-order valence-electron chi connectivity index (χ0n) is 8.88. The summed E-state index contributed by atoms with van der Waals surface area (Å²) in [6, 6.07) is 4.66. The van der Waals surface area contributed by atoms with Crippen LogP contribution >= 0.6 is 0 Å². The average molecular weight is 259 g/mol. The highest BCUT2D eigenvalue weighted by atomic mass is 32.2. The van der Waals surface area contributed by atoms with Gasteiger partial charge < -0.3 is 10.7 Å². The second-order valence-corrected chi connectivity index (χ2v) is 4.91. The number of nitrogens with two attached hydrogens (primary N) is 2. The number of pyridine rings is 1. The van der Waals surface area contributed by atoms with Gasteiger partial charge in [0.15, 0.2) is 0 Å². The molecule has 0 spiro atoms. The fourth-order valence-corrected chi connectivity index (χ4v) is 1.43. The summed E-state index contributed by atoms with van der Waals surface area (Å²) in [5.41, 5.74) is 2.43. The molecule has 1 aromatic rings. The predicted octanol–water partition coefficient (Wildman–Crippen LogP) is -1.61. The first kappa shape index (κ1) is 13.4. The molecule has 1 amide bonds. The van der Waals surface area contributed by atoms with Crippen molar-refractivity contribution in [2.45, 2.75) is 0 Å². The van der Waals surface area contributed by atoms with Crippen molar-refractivity contribution >= 4 is 21.7 Å². The monoisotopic (exact) mass is 259 g/mol. The van der Waals surface area contributed by atoms with Crippen molar-refractivity contribution in [3.63, 3.8) is 0 Å². The Morgan fingerprint density at radius 1 is 1.41 bits per heavy atom. The predicted molar refractivity (Wildman–Crippen MR) is 62.4 cm³/mol. The molecule has 1 rings (SSSR count). The molecule has 1 heterocycles. The normalized spacial score (nSPS) is 10.9. The van der Waals surface area contributed by atoms with E-state index in [4.69, 9.17) is 11.0 Å². The molecule has 0 atom stereocenters. The number of anilines is 1. The summed E-state index contributed by atoms with van der Waals surface area (Å²) in [5.74, 6) is 4.65. The van der Waals surface area contributed by atoms with Crippen LogP contribution in [0.3, 0.4) is 0 Å². The highest BCUT2D eigenvalue weighted by Gasteiger charge is 2.09. The molecule has 0 unspecified atom stereocenters. The Morgan fingerprint density at radius 2 is 2.12 bits per heavy atom. The topological polar surface area (TPSA) is 140 Å². The Bertz CT molecular complexity index is 502. The van der Waals surface area contributed by atoms with Gasteiger partial charge in [0.1, 0.15) is 11.5 Å². The summed E-state index contributed by atoms with van der Waals surface area (Å²) >= 11 is 0. The molecule has 0 aliphatic rings. The summed E-state index contributed by atoms with van der Waals surface area (Å²) in [5, 5.41) is 7.16. The van der Waals surface area contributed by atoms with Crippen LogP contribution in [0.25, 0.3) is 0 Å². The number of hydrazine groups is 1. The van der Waals surface area contributed by atoms with E-state index in [1.807, 2.05) is 0 Å². The number of nitrogen functional groups attached to an aromatic ring is 1. The van der Waals surface area contributed by atoms with Crippen molar-refractivity contribution in [1.29, 1.82) is 0 Å². The number of rotatable bonds is 5. The van der Waals surface area contributed by atoms with Gasteiger partial charge in [-0.25, -0.2) is 24.4 Å². The highest BCUT2D eigenvalue weighted by Crippen LogP contribution is 2.02. The Hall–Kier alpha value is -1.71. The molecular weight excluding hydrogens is 246 g/mol. The maximum Gasteiger partial charge on any atom is 0.270 e. The van der Waals surface area contributed by atoms with Gasteiger partial charge in [0, 0.05) is 6.54 Å². The van der Waals surface area contributed by atoms with E-state index in [-0.39, 0.29) is 18.0 Å². The summed E-state index contributed by atoms with van der Waals surface area (Å²) in [4.78, 5) is 15.4. The van der Waals surface area contributed by atoms with Crippen molar-refractivity contribution in [3.8, 4) is 0 Å². The number of carbonyl (C=O) groups is 1. The van der Waals surface area contributed by atoms with E-state index in [0.717, 1.165) is 0 Å². The number of primary sulfonamides is 1. The number of nitrogens with one attached hydrogen (secondary N) is 2. The number of hydrogen-bond donors (Lipinski definition) is 4. The van der Waals surface area contributed by atoms with Crippen LogP contribution in [0.2, 0.25) is 0 Å². The molecular formula is C8H13N5O3S. The Kier molecular flexibility index (Phi) is 4.37. The number of nitrogens with zero attached hydrogens (tertiary/aromatic N) is 1. The van der Waals surface area contributed by atoms with Crippen LogP contribution in [-0.2, 0) is 10.0 Å². The molecule has 0 saturated carbocycles. The van der Waals surface area contributed by atoms with E-state index in [1.54, 1.807) is 12.1 Å². The van der Waals surface area contributed by atoms with Crippen molar-refractivity contribution < 1.29 is 13.2 Å². The van der Waals surface area contributed by atoms with Crippen LogP contribution in [0, 0.1) is 0 Å². The molecule has 9 heteroatoms. The summed E-state index contributed by atoms with van der Waals surface area (Å²) in [7, 11) is -3.58. The number of aromatic nitrogens is 1. The van der Waals surface area contributed by atoms with Crippen LogP contribution in [0.4, 0.5) is 5.82 Å². The number of amides is 1. The van der Waals surface area contributed by atoms with Crippen molar-refractivity contribution in [2.75, 3.05) is 17.7 Å².